The van der Waals surface area contributed by atoms with E-state index in [4.69, 9.17) is 10.5 Å². The van der Waals surface area contributed by atoms with Crippen LogP contribution in [0.4, 0.5) is 10.1 Å². The molecule has 3 N–H and O–H groups in total. The fraction of sp³-hybridized carbons (Fsp3) is 0.375. The van der Waals surface area contributed by atoms with Crippen LogP contribution in [0.1, 0.15) is 59.2 Å². The summed E-state index contributed by atoms with van der Waals surface area (Å²) in [5, 5.41) is 23.4. The number of nitrogens with zero attached hydrogens (tertiary/aromatic N) is 3. The maximum absolute atomic E-state index is 15.2. The van der Waals surface area contributed by atoms with Gasteiger partial charge in [-0.3, -0.25) is 14.9 Å². The van der Waals surface area contributed by atoms with E-state index in [1.54, 1.807) is 6.92 Å². The van der Waals surface area contributed by atoms with E-state index in [-0.39, 0.29) is 53.2 Å². The lowest BCUT2D eigenvalue weighted by Crippen LogP contribution is -2.44. The Morgan fingerprint density at radius 2 is 2.11 bits per heavy atom. The van der Waals surface area contributed by atoms with E-state index < -0.39 is 39.6 Å². The lowest BCUT2D eigenvalue weighted by Gasteiger charge is -2.31. The molecule has 0 unspecified atom stereocenters. The van der Waals surface area contributed by atoms with Crippen LogP contribution >= 0.6 is 0 Å². The molecule has 0 saturated carbocycles. The number of carbonyl (C=O) groups excluding carboxylic acids is 1. The third kappa shape index (κ3) is 2.56. The maximum atomic E-state index is 15.2. The number of esters is 1. The number of benzene rings is 1. The number of halogens is 1. The average Bonchev–Trinajstić information content (AvgIpc) is 3.19. The highest BCUT2D eigenvalue weighted by atomic mass is 19.1. The van der Waals surface area contributed by atoms with Gasteiger partial charge >= 0.3 is 11.7 Å². The second kappa shape index (κ2) is 6.92. The third-order valence-electron chi connectivity index (χ3n) is 7.72. The molecule has 2 aliphatic heterocycles. The van der Waals surface area contributed by atoms with Gasteiger partial charge in [0, 0.05) is 22.6 Å². The number of carbonyl (C=O) groups is 1. The first-order chi connectivity index (χ1) is 16.6. The highest BCUT2D eigenvalue weighted by molar-refractivity contribution is 5.98. The molecule has 10 nitrogen and oxygen atoms in total. The molecule has 0 spiro atoms. The van der Waals surface area contributed by atoms with Crippen molar-refractivity contribution in [2.24, 2.45) is 5.73 Å². The lowest BCUT2D eigenvalue weighted by atomic mass is 9.81. The van der Waals surface area contributed by atoms with E-state index >= 15 is 4.39 Å². The van der Waals surface area contributed by atoms with E-state index in [0.29, 0.717) is 34.9 Å². The summed E-state index contributed by atoms with van der Waals surface area (Å²) in [5.74, 6) is -1.79. The molecule has 11 heteroatoms. The van der Waals surface area contributed by atoms with Crippen LogP contribution in [-0.4, -0.2) is 25.6 Å². The summed E-state index contributed by atoms with van der Waals surface area (Å²) in [6, 6.07) is 1.03. The molecule has 0 amide bonds. The first kappa shape index (κ1) is 21.8. The number of aromatic nitrogens is 2. The zero-order chi connectivity index (χ0) is 25.0. The lowest BCUT2D eigenvalue weighted by molar-refractivity contribution is -0.385. The molecule has 0 radical (unpaired) electrons. The van der Waals surface area contributed by atoms with E-state index in [1.807, 2.05) is 0 Å². The number of aryl methyl sites for hydroxylation is 1. The van der Waals surface area contributed by atoms with E-state index in [9.17, 15) is 24.8 Å². The van der Waals surface area contributed by atoms with Crippen LogP contribution in [0.2, 0.25) is 0 Å². The molecule has 35 heavy (non-hydrogen) atoms. The summed E-state index contributed by atoms with van der Waals surface area (Å²) in [6.45, 7) is 2.96. The Hall–Kier alpha value is -3.70. The summed E-state index contributed by atoms with van der Waals surface area (Å²) < 4.78 is 21.7. The van der Waals surface area contributed by atoms with Crippen molar-refractivity contribution < 1.29 is 24.0 Å². The van der Waals surface area contributed by atoms with Gasteiger partial charge in [0.05, 0.1) is 28.4 Å². The molecule has 0 bridgehead atoms. The molecule has 2 atom stereocenters. The summed E-state index contributed by atoms with van der Waals surface area (Å²) in [6.07, 6.45) is 0.946. The van der Waals surface area contributed by atoms with Crippen molar-refractivity contribution in [3.05, 3.63) is 65.7 Å². The van der Waals surface area contributed by atoms with E-state index in [0.717, 1.165) is 0 Å². The molecule has 0 fully saturated rings. The van der Waals surface area contributed by atoms with E-state index in [1.165, 1.54) is 17.6 Å². The normalized spacial score (nSPS) is 22.0. The summed E-state index contributed by atoms with van der Waals surface area (Å²) in [7, 11) is 0. The van der Waals surface area contributed by atoms with Gasteiger partial charge in [-0.15, -0.1) is 0 Å². The zero-order valence-corrected chi connectivity index (χ0v) is 19.0. The van der Waals surface area contributed by atoms with Gasteiger partial charge in [0.1, 0.15) is 6.61 Å². The molecule has 1 aliphatic carbocycles. The largest absolute Gasteiger partial charge is 0.458 e. The molecular weight excluding hydrogens is 459 g/mol. The first-order valence-corrected chi connectivity index (χ1v) is 11.3. The highest BCUT2D eigenvalue weighted by Gasteiger charge is 2.46. The van der Waals surface area contributed by atoms with Crippen LogP contribution in [0.15, 0.2) is 10.9 Å². The van der Waals surface area contributed by atoms with Gasteiger partial charge in [-0.05, 0) is 48.9 Å². The summed E-state index contributed by atoms with van der Waals surface area (Å²) in [4.78, 5) is 41.5. The molecule has 3 aliphatic rings. The average molecular weight is 480 g/mol. The van der Waals surface area contributed by atoms with Crippen LogP contribution in [0, 0.1) is 22.9 Å². The summed E-state index contributed by atoms with van der Waals surface area (Å²) >= 11 is 0. The Labute approximate surface area is 197 Å². The van der Waals surface area contributed by atoms with Gasteiger partial charge in [0.15, 0.2) is 11.1 Å². The molecule has 6 rings (SSSR count). The second-order valence-corrected chi connectivity index (χ2v) is 9.35. The second-order valence-electron chi connectivity index (χ2n) is 9.35. The number of ether oxygens (including phenoxy) is 1. The van der Waals surface area contributed by atoms with Crippen LogP contribution in [0.3, 0.4) is 0 Å². The maximum Gasteiger partial charge on any atom is 0.343 e. The minimum absolute atomic E-state index is 0.0187. The minimum atomic E-state index is -2.00. The van der Waals surface area contributed by atoms with Gasteiger partial charge in [-0.1, -0.05) is 6.92 Å². The molecule has 1 aromatic carbocycles. The van der Waals surface area contributed by atoms with Gasteiger partial charge in [0.2, 0.25) is 5.82 Å². The SMILES string of the molecule is CC[C@@]1(O)C(=O)OCc2c1cc1n(c2=O)Cc2c-1nc1c([N+](=O)[O-])c(F)c(C)c3c1c2[C@@H](N)CC3. The van der Waals surface area contributed by atoms with Crippen molar-refractivity contribution in [2.45, 2.75) is 57.9 Å². The van der Waals surface area contributed by atoms with Gasteiger partial charge in [0.25, 0.3) is 5.56 Å². The van der Waals surface area contributed by atoms with Crippen molar-refractivity contribution >= 4 is 22.6 Å². The quantitative estimate of drug-likeness (QED) is 0.252. The van der Waals surface area contributed by atoms with Crippen LogP contribution in [0.25, 0.3) is 22.3 Å². The third-order valence-corrected chi connectivity index (χ3v) is 7.72. The molecule has 3 aromatic rings. The van der Waals surface area contributed by atoms with Crippen molar-refractivity contribution in [3.8, 4) is 11.4 Å². The standard InChI is InChI=1S/C24H21FN4O6/c1-3-24(32)13-6-15-19-11(7-28(15)22(30)12(13)8-35-23(24)31)16-14(26)5-4-10-9(2)18(25)21(29(33)34)20(27-19)17(10)16/h6,14,32H,3-5,7-8,26H2,1-2H3/t14-,24-/m0/s1. The number of nitro groups is 1. The zero-order valence-electron chi connectivity index (χ0n) is 19.0. The molecule has 0 saturated heterocycles. The first-order valence-electron chi connectivity index (χ1n) is 11.3. The fourth-order valence-electron chi connectivity index (χ4n) is 5.83. The minimum Gasteiger partial charge on any atom is -0.458 e. The van der Waals surface area contributed by atoms with Gasteiger partial charge < -0.3 is 20.1 Å². The number of nitro benzene ring substituents is 1. The number of nitrogens with two attached hydrogens (primary N) is 1. The van der Waals surface area contributed by atoms with Gasteiger partial charge in [-0.25, -0.2) is 9.78 Å². The van der Waals surface area contributed by atoms with E-state index in [2.05, 4.69) is 4.98 Å². The van der Waals surface area contributed by atoms with Gasteiger partial charge in [-0.2, -0.15) is 4.39 Å². The van der Waals surface area contributed by atoms with Crippen molar-refractivity contribution in [3.63, 3.8) is 0 Å². The van der Waals surface area contributed by atoms with Crippen LogP contribution in [0.5, 0.6) is 0 Å². The molecule has 180 valence electrons. The van der Waals surface area contributed by atoms with Crippen molar-refractivity contribution in [1.29, 1.82) is 0 Å². The van der Waals surface area contributed by atoms with Crippen molar-refractivity contribution in [2.75, 3.05) is 0 Å². The number of hydrogen-bond acceptors (Lipinski definition) is 8. The molecular formula is C24H21FN4O6. The Kier molecular flexibility index (Phi) is 4.31. The monoisotopic (exact) mass is 480 g/mol. The topological polar surface area (TPSA) is 151 Å². The van der Waals surface area contributed by atoms with Crippen LogP contribution in [-0.2, 0) is 34.7 Å². The highest BCUT2D eigenvalue weighted by Crippen LogP contribution is 2.47. The fourth-order valence-corrected chi connectivity index (χ4v) is 5.83. The number of hydrogen-bond donors (Lipinski definition) is 2. The Balaban J connectivity index is 1.75. The van der Waals surface area contributed by atoms with Crippen LogP contribution < -0.4 is 11.3 Å². The number of aliphatic hydroxyl groups is 1. The number of rotatable bonds is 2. The predicted octanol–water partition coefficient (Wildman–Crippen LogP) is 2.38. The number of fused-ring (bicyclic) bond motifs is 5. The molecule has 4 heterocycles. The predicted molar refractivity (Wildman–Crippen MR) is 121 cm³/mol. The Morgan fingerprint density at radius 3 is 2.80 bits per heavy atom. The van der Waals surface area contributed by atoms with Crippen molar-refractivity contribution in [1.82, 2.24) is 9.55 Å². The summed E-state index contributed by atoms with van der Waals surface area (Å²) in [5.41, 5.74) is 6.14. The Morgan fingerprint density at radius 1 is 1.37 bits per heavy atom. The number of pyridine rings is 2. The number of cyclic esters (lactones) is 1. The Bertz CT molecular complexity index is 1600. The molecule has 2 aromatic heterocycles. The smallest absolute Gasteiger partial charge is 0.343 e.